The van der Waals surface area contributed by atoms with Crippen molar-refractivity contribution in [3.05, 3.63) is 21.5 Å². The van der Waals surface area contributed by atoms with E-state index in [1.165, 1.54) is 0 Å². The number of nitrogens with zero attached hydrogens (tertiary/aromatic N) is 3. The van der Waals surface area contributed by atoms with Gasteiger partial charge in [-0.2, -0.15) is 5.10 Å². The lowest BCUT2D eigenvalue weighted by Gasteiger charge is -2.33. The number of hydrogen-bond acceptors (Lipinski definition) is 5. The van der Waals surface area contributed by atoms with Crippen LogP contribution < -0.4 is 5.73 Å². The molecule has 1 fully saturated rings. The van der Waals surface area contributed by atoms with Crippen LogP contribution in [0, 0.1) is 16.0 Å². The number of rotatable bonds is 5. The predicted molar refractivity (Wildman–Crippen MR) is 81.5 cm³/mol. The van der Waals surface area contributed by atoms with E-state index in [1.54, 1.807) is 4.90 Å². The lowest BCUT2D eigenvalue weighted by Crippen LogP contribution is -2.42. The van der Waals surface area contributed by atoms with E-state index in [0.29, 0.717) is 31.1 Å². The largest absolute Gasteiger partial charge is 0.337 e. The van der Waals surface area contributed by atoms with Crippen molar-refractivity contribution in [1.29, 1.82) is 0 Å². The molecule has 0 spiro atoms. The molecule has 8 nitrogen and oxygen atoms in total. The number of carbonyl (C=O) groups is 1. The maximum absolute atomic E-state index is 12.5. The van der Waals surface area contributed by atoms with E-state index in [1.807, 2.05) is 13.8 Å². The quantitative estimate of drug-likeness (QED) is 0.630. The lowest BCUT2D eigenvalue weighted by atomic mass is 9.91. The highest BCUT2D eigenvalue weighted by Gasteiger charge is 2.33. The Bertz CT molecular complexity index is 547. The molecule has 0 radical (unpaired) electrons. The third kappa shape index (κ3) is 3.27. The maximum atomic E-state index is 12.5. The van der Waals surface area contributed by atoms with Crippen molar-refractivity contribution in [3.63, 3.8) is 0 Å². The smallest absolute Gasteiger partial charge is 0.322 e. The number of piperidine rings is 1. The summed E-state index contributed by atoms with van der Waals surface area (Å²) in [5, 5.41) is 17.8. The third-order valence-corrected chi connectivity index (χ3v) is 4.27. The molecule has 3 N–H and O–H groups in total. The fourth-order valence-electron chi connectivity index (χ4n) is 2.92. The van der Waals surface area contributed by atoms with E-state index < -0.39 is 4.92 Å². The van der Waals surface area contributed by atoms with E-state index in [2.05, 4.69) is 10.2 Å². The molecule has 0 aliphatic carbocycles. The molecule has 1 saturated heterocycles. The molecule has 2 heterocycles. The number of nitrogens with one attached hydrogen (secondary N) is 1. The van der Waals surface area contributed by atoms with Gasteiger partial charge in [0, 0.05) is 19.1 Å². The predicted octanol–water partition coefficient (Wildman–Crippen LogP) is 1.47. The zero-order chi connectivity index (χ0) is 16.3. The fraction of sp³-hybridized carbons (Fsp3) is 0.714. The molecule has 122 valence electrons. The first-order valence-corrected chi connectivity index (χ1v) is 7.72. The normalized spacial score (nSPS) is 17.5. The number of nitrogens with two attached hydrogens (primary N) is 1. The van der Waals surface area contributed by atoms with Crippen molar-refractivity contribution >= 4 is 11.6 Å². The molecule has 1 unspecified atom stereocenters. The molecule has 22 heavy (non-hydrogen) atoms. The zero-order valence-electron chi connectivity index (χ0n) is 13.0. The summed E-state index contributed by atoms with van der Waals surface area (Å²) in [4.78, 5) is 24.9. The van der Waals surface area contributed by atoms with Crippen molar-refractivity contribution < 1.29 is 9.72 Å². The highest BCUT2D eigenvalue weighted by atomic mass is 16.6. The van der Waals surface area contributed by atoms with Gasteiger partial charge in [0.1, 0.15) is 5.69 Å². The van der Waals surface area contributed by atoms with E-state index in [4.69, 9.17) is 5.73 Å². The van der Waals surface area contributed by atoms with Crippen molar-refractivity contribution in [2.24, 2.45) is 11.7 Å². The topological polar surface area (TPSA) is 118 Å². The molecule has 0 saturated carbocycles. The summed E-state index contributed by atoms with van der Waals surface area (Å²) in [7, 11) is 0. The van der Waals surface area contributed by atoms with Gasteiger partial charge in [-0.1, -0.05) is 13.3 Å². The fourth-order valence-corrected chi connectivity index (χ4v) is 2.92. The zero-order valence-corrected chi connectivity index (χ0v) is 13.0. The summed E-state index contributed by atoms with van der Waals surface area (Å²) >= 11 is 0. The van der Waals surface area contributed by atoms with Gasteiger partial charge in [0.2, 0.25) is 5.69 Å². The minimum absolute atomic E-state index is 0.0762. The second-order valence-electron chi connectivity index (χ2n) is 5.90. The average Bonchev–Trinajstić information content (AvgIpc) is 2.91. The van der Waals surface area contributed by atoms with E-state index in [0.717, 1.165) is 19.3 Å². The van der Waals surface area contributed by atoms with Gasteiger partial charge < -0.3 is 10.6 Å². The molecule has 1 aromatic heterocycles. The van der Waals surface area contributed by atoms with E-state index >= 15 is 0 Å². The second-order valence-corrected chi connectivity index (χ2v) is 5.90. The Labute approximate surface area is 129 Å². The summed E-state index contributed by atoms with van der Waals surface area (Å²) in [5.74, 6) is 0.0299. The van der Waals surface area contributed by atoms with Crippen LogP contribution >= 0.6 is 0 Å². The Hall–Kier alpha value is -1.96. The van der Waals surface area contributed by atoms with Crippen LogP contribution in [-0.4, -0.2) is 45.1 Å². The summed E-state index contributed by atoms with van der Waals surface area (Å²) in [5.41, 5.74) is 6.05. The molecule has 2 rings (SSSR count). The molecular weight excluding hydrogens is 286 g/mol. The van der Waals surface area contributed by atoms with Gasteiger partial charge in [-0.3, -0.25) is 20.0 Å². The molecule has 0 aromatic carbocycles. The number of hydrogen-bond donors (Lipinski definition) is 2. The standard InChI is InChI=1S/C14H23N5O3/c1-3-4-11-13(19(21)22)12(17-16-11)14(20)18-7-5-10(6-8-18)9(2)15/h9-10H,3-8,15H2,1-2H3,(H,16,17). The number of H-pyrrole nitrogens is 1. The molecule has 1 atom stereocenters. The van der Waals surface area contributed by atoms with Gasteiger partial charge in [0.15, 0.2) is 0 Å². The number of carbonyl (C=O) groups excluding carboxylic acids is 1. The second kappa shape index (κ2) is 6.87. The van der Waals surface area contributed by atoms with Gasteiger partial charge in [-0.15, -0.1) is 0 Å². The Morgan fingerprint density at radius 3 is 2.68 bits per heavy atom. The molecule has 1 aromatic rings. The Morgan fingerprint density at radius 2 is 2.18 bits per heavy atom. The van der Waals surface area contributed by atoms with Crippen molar-refractivity contribution in [1.82, 2.24) is 15.1 Å². The van der Waals surface area contributed by atoms with Crippen LogP contribution in [0.3, 0.4) is 0 Å². The van der Waals surface area contributed by atoms with Crippen molar-refractivity contribution in [3.8, 4) is 0 Å². The van der Waals surface area contributed by atoms with Crippen LogP contribution in [0.4, 0.5) is 5.69 Å². The number of nitro groups is 1. The van der Waals surface area contributed by atoms with Gasteiger partial charge in [0.25, 0.3) is 5.91 Å². The molecule has 0 bridgehead atoms. The number of likely N-dealkylation sites (tertiary alicyclic amines) is 1. The van der Waals surface area contributed by atoms with Crippen LogP contribution in [0.2, 0.25) is 0 Å². The van der Waals surface area contributed by atoms with Crippen molar-refractivity contribution in [2.45, 2.75) is 45.6 Å². The Morgan fingerprint density at radius 1 is 1.55 bits per heavy atom. The summed E-state index contributed by atoms with van der Waals surface area (Å²) in [6, 6.07) is 0.105. The summed E-state index contributed by atoms with van der Waals surface area (Å²) < 4.78 is 0. The van der Waals surface area contributed by atoms with Crippen LogP contribution in [0.1, 0.15) is 49.3 Å². The number of amides is 1. The number of aromatic nitrogens is 2. The number of aromatic amines is 1. The first kappa shape index (κ1) is 16.4. The summed E-state index contributed by atoms with van der Waals surface area (Å²) in [6.07, 6.45) is 2.90. The van der Waals surface area contributed by atoms with E-state index in [-0.39, 0.29) is 23.3 Å². The molecule has 1 aliphatic rings. The highest BCUT2D eigenvalue weighted by molar-refractivity contribution is 5.96. The minimum Gasteiger partial charge on any atom is -0.337 e. The lowest BCUT2D eigenvalue weighted by molar-refractivity contribution is -0.385. The molecule has 1 amide bonds. The van der Waals surface area contributed by atoms with Gasteiger partial charge in [-0.05, 0) is 32.1 Å². The Balaban J connectivity index is 2.15. The van der Waals surface area contributed by atoms with Crippen LogP contribution in [0.25, 0.3) is 0 Å². The molecule has 1 aliphatic heterocycles. The van der Waals surface area contributed by atoms with Crippen LogP contribution in [0.5, 0.6) is 0 Å². The monoisotopic (exact) mass is 309 g/mol. The first-order chi connectivity index (χ1) is 10.5. The SMILES string of the molecule is CCCc1[nH]nc(C(=O)N2CCC(C(C)N)CC2)c1[N+](=O)[O-]. The summed E-state index contributed by atoms with van der Waals surface area (Å²) in [6.45, 7) is 5.03. The van der Waals surface area contributed by atoms with Gasteiger partial charge in [-0.25, -0.2) is 0 Å². The van der Waals surface area contributed by atoms with E-state index in [9.17, 15) is 14.9 Å². The maximum Gasteiger partial charge on any atom is 0.322 e. The average molecular weight is 309 g/mol. The van der Waals surface area contributed by atoms with Gasteiger partial charge >= 0.3 is 5.69 Å². The molecular formula is C14H23N5O3. The Kier molecular flexibility index (Phi) is 5.12. The van der Waals surface area contributed by atoms with Gasteiger partial charge in [0.05, 0.1) is 4.92 Å². The minimum atomic E-state index is -0.517. The van der Waals surface area contributed by atoms with Crippen molar-refractivity contribution in [2.75, 3.05) is 13.1 Å². The third-order valence-electron chi connectivity index (χ3n) is 4.27. The highest BCUT2D eigenvalue weighted by Crippen LogP contribution is 2.26. The van der Waals surface area contributed by atoms with Crippen LogP contribution in [-0.2, 0) is 6.42 Å². The van der Waals surface area contributed by atoms with Crippen LogP contribution in [0.15, 0.2) is 0 Å². The molecule has 8 heteroatoms. The first-order valence-electron chi connectivity index (χ1n) is 7.72. The number of aryl methyl sites for hydroxylation is 1.